The number of rotatable bonds is 3. The summed E-state index contributed by atoms with van der Waals surface area (Å²) in [6.07, 6.45) is 0. The molecule has 0 aliphatic carbocycles. The second-order valence-corrected chi connectivity index (χ2v) is 6.92. The van der Waals surface area contributed by atoms with Crippen molar-refractivity contribution < 1.29 is 9.53 Å². The van der Waals surface area contributed by atoms with E-state index >= 15 is 0 Å². The van der Waals surface area contributed by atoms with E-state index in [2.05, 4.69) is 10.2 Å². The zero-order chi connectivity index (χ0) is 16.4. The number of urea groups is 1. The topological polar surface area (TPSA) is 57.7 Å². The van der Waals surface area contributed by atoms with Crippen LogP contribution < -0.4 is 15.0 Å². The molecule has 1 N–H and O–H groups in total. The Kier molecular flexibility index (Phi) is 4.56. The van der Waals surface area contributed by atoms with Gasteiger partial charge >= 0.3 is 6.03 Å². The maximum absolute atomic E-state index is 12.0. The van der Waals surface area contributed by atoms with Gasteiger partial charge in [0.1, 0.15) is 5.75 Å². The first kappa shape index (κ1) is 15.9. The summed E-state index contributed by atoms with van der Waals surface area (Å²) in [5.41, 5.74) is 0.991. The minimum atomic E-state index is 0.0219. The normalized spacial score (nSPS) is 15.3. The molecule has 0 spiro atoms. The third kappa shape index (κ3) is 3.50. The first-order valence-corrected chi connectivity index (χ1v) is 8.63. The summed E-state index contributed by atoms with van der Waals surface area (Å²) in [6.45, 7) is 7.01. The van der Waals surface area contributed by atoms with E-state index in [1.54, 1.807) is 18.4 Å². The number of hydrogen-bond acceptors (Lipinski definition) is 5. The van der Waals surface area contributed by atoms with Crippen molar-refractivity contribution in [3.05, 3.63) is 18.2 Å². The number of aromatic nitrogens is 1. The Balaban J connectivity index is 1.66. The molecule has 2 heterocycles. The van der Waals surface area contributed by atoms with Gasteiger partial charge in [0.15, 0.2) is 5.13 Å². The Bertz CT molecular complexity index is 692. The van der Waals surface area contributed by atoms with Crippen LogP contribution in [0.1, 0.15) is 13.8 Å². The van der Waals surface area contributed by atoms with Gasteiger partial charge in [-0.3, -0.25) is 0 Å². The van der Waals surface area contributed by atoms with Gasteiger partial charge in [-0.2, -0.15) is 0 Å². The predicted octanol–water partition coefficient (Wildman–Crippen LogP) is 2.54. The molecule has 0 atom stereocenters. The molecular weight excluding hydrogens is 312 g/mol. The summed E-state index contributed by atoms with van der Waals surface area (Å²) in [5, 5.41) is 3.95. The summed E-state index contributed by atoms with van der Waals surface area (Å²) in [4.78, 5) is 20.8. The van der Waals surface area contributed by atoms with E-state index in [0.717, 1.165) is 47.3 Å². The number of benzene rings is 1. The Morgan fingerprint density at radius 3 is 2.70 bits per heavy atom. The maximum atomic E-state index is 12.0. The highest BCUT2D eigenvalue weighted by atomic mass is 32.1. The molecule has 1 saturated heterocycles. The fraction of sp³-hybridized carbons (Fsp3) is 0.500. The van der Waals surface area contributed by atoms with Crippen LogP contribution in [-0.2, 0) is 0 Å². The zero-order valence-corrected chi connectivity index (χ0v) is 14.5. The molecule has 1 fully saturated rings. The SMILES string of the molecule is COc1ccc2nc(N3CCN(C(=O)NC(C)C)CC3)sc2c1. The molecule has 6 nitrogen and oxygen atoms in total. The Labute approximate surface area is 140 Å². The number of thiazole rings is 1. The number of fused-ring (bicyclic) bond motifs is 1. The first-order chi connectivity index (χ1) is 11.1. The molecule has 0 radical (unpaired) electrons. The molecule has 124 valence electrons. The van der Waals surface area contributed by atoms with Gasteiger partial charge in [-0.05, 0) is 32.0 Å². The minimum absolute atomic E-state index is 0.0219. The average Bonchev–Trinajstić information content (AvgIpc) is 2.97. The van der Waals surface area contributed by atoms with E-state index in [1.165, 1.54) is 0 Å². The van der Waals surface area contributed by atoms with E-state index < -0.39 is 0 Å². The van der Waals surface area contributed by atoms with E-state index in [-0.39, 0.29) is 12.1 Å². The van der Waals surface area contributed by atoms with Crippen molar-refractivity contribution in [3.8, 4) is 5.75 Å². The van der Waals surface area contributed by atoms with Gasteiger partial charge in [0, 0.05) is 32.2 Å². The lowest BCUT2D eigenvalue weighted by atomic mass is 10.3. The van der Waals surface area contributed by atoms with Gasteiger partial charge in [-0.25, -0.2) is 9.78 Å². The van der Waals surface area contributed by atoms with E-state index in [9.17, 15) is 4.79 Å². The van der Waals surface area contributed by atoms with Crippen molar-refractivity contribution in [3.63, 3.8) is 0 Å². The van der Waals surface area contributed by atoms with Crippen molar-refractivity contribution in [2.24, 2.45) is 0 Å². The molecule has 7 heteroatoms. The Hall–Kier alpha value is -2.02. The van der Waals surface area contributed by atoms with Crippen molar-refractivity contribution >= 4 is 32.7 Å². The average molecular weight is 334 g/mol. The predicted molar refractivity (Wildman–Crippen MR) is 93.6 cm³/mol. The monoisotopic (exact) mass is 334 g/mol. The molecule has 2 amide bonds. The van der Waals surface area contributed by atoms with Crippen LogP contribution >= 0.6 is 11.3 Å². The highest BCUT2D eigenvalue weighted by molar-refractivity contribution is 7.22. The Morgan fingerprint density at radius 1 is 1.30 bits per heavy atom. The molecule has 2 aromatic rings. The molecular formula is C16H22N4O2S. The number of methoxy groups -OCH3 is 1. The summed E-state index contributed by atoms with van der Waals surface area (Å²) in [6, 6.07) is 6.12. The molecule has 1 aliphatic rings. The number of hydrogen-bond donors (Lipinski definition) is 1. The summed E-state index contributed by atoms with van der Waals surface area (Å²) in [5.74, 6) is 0.850. The molecule has 1 aliphatic heterocycles. The van der Waals surface area contributed by atoms with Crippen LogP contribution in [0.4, 0.5) is 9.93 Å². The number of carbonyl (C=O) groups is 1. The largest absolute Gasteiger partial charge is 0.497 e. The highest BCUT2D eigenvalue weighted by Gasteiger charge is 2.23. The van der Waals surface area contributed by atoms with Crippen molar-refractivity contribution in [1.82, 2.24) is 15.2 Å². The standard InChI is InChI=1S/C16H22N4O2S/c1-11(2)17-15(21)19-6-8-20(9-7-19)16-18-13-5-4-12(22-3)10-14(13)23-16/h4-5,10-11H,6-9H2,1-3H3,(H,17,21). The van der Waals surface area contributed by atoms with Crippen LogP contribution in [0.25, 0.3) is 10.2 Å². The Morgan fingerprint density at radius 2 is 2.04 bits per heavy atom. The molecule has 3 rings (SSSR count). The fourth-order valence-electron chi connectivity index (χ4n) is 2.59. The number of nitrogens with one attached hydrogen (secondary N) is 1. The molecule has 0 unspecified atom stereocenters. The highest BCUT2D eigenvalue weighted by Crippen LogP contribution is 2.31. The summed E-state index contributed by atoms with van der Waals surface area (Å²) in [7, 11) is 1.67. The second kappa shape index (κ2) is 6.62. The van der Waals surface area contributed by atoms with Crippen LogP contribution in [0.3, 0.4) is 0 Å². The minimum Gasteiger partial charge on any atom is -0.497 e. The number of amides is 2. The lowest BCUT2D eigenvalue weighted by molar-refractivity contribution is 0.192. The summed E-state index contributed by atoms with van der Waals surface area (Å²) >= 11 is 1.67. The molecule has 0 saturated carbocycles. The smallest absolute Gasteiger partial charge is 0.317 e. The summed E-state index contributed by atoms with van der Waals surface area (Å²) < 4.78 is 6.39. The molecule has 23 heavy (non-hydrogen) atoms. The van der Waals surface area contributed by atoms with Crippen molar-refractivity contribution in [1.29, 1.82) is 0 Å². The van der Waals surface area contributed by atoms with Gasteiger partial charge < -0.3 is 19.9 Å². The van der Waals surface area contributed by atoms with Crippen LogP contribution in [-0.4, -0.2) is 55.2 Å². The zero-order valence-electron chi connectivity index (χ0n) is 13.7. The van der Waals surface area contributed by atoms with Gasteiger partial charge in [-0.1, -0.05) is 11.3 Å². The number of carbonyl (C=O) groups excluding carboxylic acids is 1. The first-order valence-electron chi connectivity index (χ1n) is 7.82. The molecule has 0 bridgehead atoms. The van der Waals surface area contributed by atoms with Gasteiger partial charge in [0.25, 0.3) is 0 Å². The van der Waals surface area contributed by atoms with Crippen LogP contribution in [0.2, 0.25) is 0 Å². The molecule has 1 aromatic carbocycles. The van der Waals surface area contributed by atoms with Crippen molar-refractivity contribution in [2.75, 3.05) is 38.2 Å². The van der Waals surface area contributed by atoms with Gasteiger partial charge in [0.2, 0.25) is 0 Å². The maximum Gasteiger partial charge on any atom is 0.317 e. The van der Waals surface area contributed by atoms with E-state index in [0.29, 0.717) is 0 Å². The van der Waals surface area contributed by atoms with Crippen LogP contribution in [0.15, 0.2) is 18.2 Å². The van der Waals surface area contributed by atoms with Crippen LogP contribution in [0, 0.1) is 0 Å². The van der Waals surface area contributed by atoms with Gasteiger partial charge in [0.05, 0.1) is 17.3 Å². The lowest BCUT2D eigenvalue weighted by Crippen LogP contribution is -2.52. The van der Waals surface area contributed by atoms with Crippen molar-refractivity contribution in [2.45, 2.75) is 19.9 Å². The number of ether oxygens (including phenoxy) is 1. The van der Waals surface area contributed by atoms with Gasteiger partial charge in [-0.15, -0.1) is 0 Å². The number of piperazine rings is 1. The van der Waals surface area contributed by atoms with E-state index in [4.69, 9.17) is 9.72 Å². The third-order valence-electron chi connectivity index (χ3n) is 3.83. The van der Waals surface area contributed by atoms with E-state index in [1.807, 2.05) is 36.9 Å². The quantitative estimate of drug-likeness (QED) is 0.937. The second-order valence-electron chi connectivity index (χ2n) is 5.91. The number of nitrogens with zero attached hydrogens (tertiary/aromatic N) is 3. The fourth-order valence-corrected chi connectivity index (χ4v) is 3.64. The molecule has 1 aromatic heterocycles. The van der Waals surface area contributed by atoms with Crippen LogP contribution in [0.5, 0.6) is 5.75 Å². The third-order valence-corrected chi connectivity index (χ3v) is 4.91. The number of anilines is 1. The lowest BCUT2D eigenvalue weighted by Gasteiger charge is -2.34.